The van der Waals surface area contributed by atoms with Gasteiger partial charge in [-0.2, -0.15) is 0 Å². The molecule has 2 aromatic carbocycles. The standard InChI is InChI=1S/C20H25NO2/c1-15(2)11-12-23-19-10-6-9-18(14-19)21-20(22)13-17-8-5-4-7-16(17)3/h4-10,14-15H,11-13H2,1-3H3,(H,21,22). The first-order valence-electron chi connectivity index (χ1n) is 8.12. The van der Waals surface area contributed by atoms with E-state index in [0.29, 0.717) is 18.9 Å². The van der Waals surface area contributed by atoms with Crippen molar-refractivity contribution in [1.29, 1.82) is 0 Å². The molecular weight excluding hydrogens is 286 g/mol. The summed E-state index contributed by atoms with van der Waals surface area (Å²) < 4.78 is 5.73. The second-order valence-electron chi connectivity index (χ2n) is 6.21. The van der Waals surface area contributed by atoms with E-state index in [1.807, 2.05) is 55.5 Å². The van der Waals surface area contributed by atoms with Crippen LogP contribution >= 0.6 is 0 Å². The minimum atomic E-state index is -0.0152. The Morgan fingerprint density at radius 1 is 1.13 bits per heavy atom. The highest BCUT2D eigenvalue weighted by Gasteiger charge is 2.07. The summed E-state index contributed by atoms with van der Waals surface area (Å²) in [6.45, 7) is 7.06. The number of benzene rings is 2. The van der Waals surface area contributed by atoms with Crippen molar-refractivity contribution in [1.82, 2.24) is 0 Å². The first-order valence-corrected chi connectivity index (χ1v) is 8.12. The van der Waals surface area contributed by atoms with Crippen molar-refractivity contribution in [2.75, 3.05) is 11.9 Å². The number of rotatable bonds is 7. The van der Waals surface area contributed by atoms with Gasteiger partial charge in [0.05, 0.1) is 13.0 Å². The number of nitrogens with one attached hydrogen (secondary N) is 1. The molecule has 0 atom stereocenters. The van der Waals surface area contributed by atoms with Crippen LogP contribution in [0.2, 0.25) is 0 Å². The third kappa shape index (κ3) is 5.78. The zero-order chi connectivity index (χ0) is 16.7. The minimum Gasteiger partial charge on any atom is -0.494 e. The molecule has 3 nitrogen and oxygen atoms in total. The number of hydrogen-bond acceptors (Lipinski definition) is 2. The molecule has 1 N–H and O–H groups in total. The van der Waals surface area contributed by atoms with Gasteiger partial charge in [0.15, 0.2) is 0 Å². The maximum atomic E-state index is 12.2. The van der Waals surface area contributed by atoms with Crippen LogP contribution in [0.5, 0.6) is 5.75 Å². The summed E-state index contributed by atoms with van der Waals surface area (Å²) in [6.07, 6.45) is 1.40. The van der Waals surface area contributed by atoms with E-state index in [4.69, 9.17) is 4.74 Å². The maximum absolute atomic E-state index is 12.2. The molecule has 2 rings (SSSR count). The highest BCUT2D eigenvalue weighted by atomic mass is 16.5. The van der Waals surface area contributed by atoms with Crippen LogP contribution in [0.4, 0.5) is 5.69 Å². The number of ether oxygens (including phenoxy) is 1. The zero-order valence-electron chi connectivity index (χ0n) is 14.1. The van der Waals surface area contributed by atoms with E-state index in [9.17, 15) is 4.79 Å². The molecule has 0 saturated carbocycles. The smallest absolute Gasteiger partial charge is 0.228 e. The molecule has 0 heterocycles. The van der Waals surface area contributed by atoms with Gasteiger partial charge < -0.3 is 10.1 Å². The number of carbonyl (C=O) groups excluding carboxylic acids is 1. The van der Waals surface area contributed by atoms with Gasteiger partial charge >= 0.3 is 0 Å². The summed E-state index contributed by atoms with van der Waals surface area (Å²) in [5.74, 6) is 1.39. The van der Waals surface area contributed by atoms with E-state index in [-0.39, 0.29) is 5.91 Å². The lowest BCUT2D eigenvalue weighted by Crippen LogP contribution is -2.15. The van der Waals surface area contributed by atoms with Crippen LogP contribution in [0.1, 0.15) is 31.4 Å². The van der Waals surface area contributed by atoms with Gasteiger partial charge in [0.25, 0.3) is 0 Å². The summed E-state index contributed by atoms with van der Waals surface area (Å²) in [6, 6.07) is 15.5. The van der Waals surface area contributed by atoms with E-state index in [0.717, 1.165) is 29.0 Å². The Balaban J connectivity index is 1.92. The predicted octanol–water partition coefficient (Wildman–Crippen LogP) is 4.60. The summed E-state index contributed by atoms with van der Waals surface area (Å²) in [4.78, 5) is 12.2. The molecule has 122 valence electrons. The van der Waals surface area contributed by atoms with Gasteiger partial charge in [-0.25, -0.2) is 0 Å². The molecule has 0 bridgehead atoms. The summed E-state index contributed by atoms with van der Waals surface area (Å²) in [5.41, 5.74) is 2.95. The van der Waals surface area contributed by atoms with E-state index >= 15 is 0 Å². The molecule has 0 aliphatic rings. The van der Waals surface area contributed by atoms with Gasteiger partial charge in [-0.1, -0.05) is 44.2 Å². The second-order valence-corrected chi connectivity index (χ2v) is 6.21. The Bertz CT molecular complexity index is 650. The topological polar surface area (TPSA) is 38.3 Å². The lowest BCUT2D eigenvalue weighted by Gasteiger charge is -2.11. The van der Waals surface area contributed by atoms with Gasteiger partial charge in [-0.3, -0.25) is 4.79 Å². The Morgan fingerprint density at radius 3 is 2.65 bits per heavy atom. The van der Waals surface area contributed by atoms with Crippen LogP contribution in [0.3, 0.4) is 0 Å². The molecule has 0 spiro atoms. The van der Waals surface area contributed by atoms with E-state index in [2.05, 4.69) is 19.2 Å². The lowest BCUT2D eigenvalue weighted by atomic mass is 10.1. The number of amides is 1. The van der Waals surface area contributed by atoms with Crippen LogP contribution in [-0.2, 0) is 11.2 Å². The van der Waals surface area contributed by atoms with Crippen LogP contribution in [-0.4, -0.2) is 12.5 Å². The van der Waals surface area contributed by atoms with Crippen molar-refractivity contribution in [2.45, 2.75) is 33.6 Å². The van der Waals surface area contributed by atoms with Crippen LogP contribution in [0.15, 0.2) is 48.5 Å². The Kier molecular flexibility index (Phi) is 6.21. The fraction of sp³-hybridized carbons (Fsp3) is 0.350. The van der Waals surface area contributed by atoms with Crippen molar-refractivity contribution in [2.24, 2.45) is 5.92 Å². The maximum Gasteiger partial charge on any atom is 0.228 e. The number of aryl methyl sites for hydroxylation is 1. The molecule has 3 heteroatoms. The number of anilines is 1. The van der Waals surface area contributed by atoms with Crippen molar-refractivity contribution in [3.63, 3.8) is 0 Å². The molecule has 0 unspecified atom stereocenters. The van der Waals surface area contributed by atoms with Gasteiger partial charge in [-0.15, -0.1) is 0 Å². The third-order valence-electron chi connectivity index (χ3n) is 3.69. The molecule has 0 aliphatic carbocycles. The third-order valence-corrected chi connectivity index (χ3v) is 3.69. The highest BCUT2D eigenvalue weighted by molar-refractivity contribution is 5.92. The lowest BCUT2D eigenvalue weighted by molar-refractivity contribution is -0.115. The van der Waals surface area contributed by atoms with Crippen LogP contribution in [0.25, 0.3) is 0 Å². The largest absolute Gasteiger partial charge is 0.494 e. The highest BCUT2D eigenvalue weighted by Crippen LogP contribution is 2.18. The van der Waals surface area contributed by atoms with Gasteiger partial charge in [0.1, 0.15) is 5.75 Å². The quantitative estimate of drug-likeness (QED) is 0.811. The molecule has 1 amide bonds. The number of hydrogen-bond donors (Lipinski definition) is 1. The summed E-state index contributed by atoms with van der Waals surface area (Å²) in [7, 11) is 0. The minimum absolute atomic E-state index is 0.0152. The van der Waals surface area contributed by atoms with Gasteiger partial charge in [0.2, 0.25) is 5.91 Å². The molecule has 0 aromatic heterocycles. The Hall–Kier alpha value is -2.29. The predicted molar refractivity (Wildman–Crippen MR) is 94.9 cm³/mol. The first kappa shape index (κ1) is 17.1. The normalized spacial score (nSPS) is 10.6. The number of carbonyl (C=O) groups is 1. The summed E-state index contributed by atoms with van der Waals surface area (Å²) in [5, 5.41) is 2.94. The Morgan fingerprint density at radius 2 is 1.91 bits per heavy atom. The molecule has 0 saturated heterocycles. The zero-order valence-corrected chi connectivity index (χ0v) is 14.1. The van der Waals surface area contributed by atoms with Crippen molar-refractivity contribution < 1.29 is 9.53 Å². The fourth-order valence-corrected chi connectivity index (χ4v) is 2.26. The van der Waals surface area contributed by atoms with Gasteiger partial charge in [-0.05, 0) is 42.5 Å². The summed E-state index contributed by atoms with van der Waals surface area (Å²) >= 11 is 0. The molecule has 2 aromatic rings. The fourth-order valence-electron chi connectivity index (χ4n) is 2.26. The molecule has 0 radical (unpaired) electrons. The van der Waals surface area contributed by atoms with Crippen molar-refractivity contribution >= 4 is 11.6 Å². The molecular formula is C20H25NO2. The monoisotopic (exact) mass is 311 g/mol. The average molecular weight is 311 g/mol. The average Bonchev–Trinajstić information content (AvgIpc) is 2.49. The van der Waals surface area contributed by atoms with Gasteiger partial charge in [0, 0.05) is 11.8 Å². The Labute approximate surface area is 138 Å². The van der Waals surface area contributed by atoms with Crippen molar-refractivity contribution in [3.05, 3.63) is 59.7 Å². The van der Waals surface area contributed by atoms with Crippen LogP contribution in [0, 0.1) is 12.8 Å². The SMILES string of the molecule is Cc1ccccc1CC(=O)Nc1cccc(OCCC(C)C)c1. The van der Waals surface area contributed by atoms with E-state index in [1.54, 1.807) is 0 Å². The van der Waals surface area contributed by atoms with E-state index < -0.39 is 0 Å². The first-order chi connectivity index (χ1) is 11.0. The van der Waals surface area contributed by atoms with Crippen LogP contribution < -0.4 is 10.1 Å². The van der Waals surface area contributed by atoms with E-state index in [1.165, 1.54) is 0 Å². The molecule has 0 fully saturated rings. The molecule has 0 aliphatic heterocycles. The second kappa shape index (κ2) is 8.37. The van der Waals surface area contributed by atoms with Crippen molar-refractivity contribution in [3.8, 4) is 5.75 Å². The molecule has 23 heavy (non-hydrogen) atoms.